The zero-order valence-corrected chi connectivity index (χ0v) is 14.7. The Hall–Kier alpha value is -1.99. The summed E-state index contributed by atoms with van der Waals surface area (Å²) >= 11 is 0. The van der Waals surface area contributed by atoms with Gasteiger partial charge < -0.3 is 19.5 Å². The Balaban J connectivity index is 4.06. The smallest absolute Gasteiger partial charge is 0.410 e. The van der Waals surface area contributed by atoms with E-state index in [1.807, 2.05) is 0 Å². The summed E-state index contributed by atoms with van der Waals surface area (Å²) in [5, 5.41) is 12.2. The monoisotopic (exact) mass is 344 g/mol. The Morgan fingerprint density at radius 3 is 2.42 bits per heavy atom. The highest BCUT2D eigenvalue weighted by molar-refractivity contribution is 5.70. The quantitative estimate of drug-likeness (QED) is 0.252. The van der Waals surface area contributed by atoms with Crippen molar-refractivity contribution in [3.05, 3.63) is 10.4 Å². The lowest BCUT2D eigenvalue weighted by molar-refractivity contribution is -0.137. The molecule has 0 aliphatic heterocycles. The van der Waals surface area contributed by atoms with Gasteiger partial charge in [-0.25, -0.2) is 4.79 Å². The van der Waals surface area contributed by atoms with E-state index in [0.29, 0.717) is 32.7 Å². The van der Waals surface area contributed by atoms with Crippen molar-refractivity contribution >= 4 is 12.1 Å². The van der Waals surface area contributed by atoms with Crippen molar-refractivity contribution in [2.24, 2.45) is 5.11 Å². The Kier molecular flexibility index (Phi) is 11.4. The maximum atomic E-state index is 12.1. The van der Waals surface area contributed by atoms with Crippen LogP contribution < -0.4 is 0 Å². The van der Waals surface area contributed by atoms with Gasteiger partial charge in [0, 0.05) is 37.8 Å². The SMILES string of the molecule is CC(C)(C)OC(=O)N(CCCOCCCCN=[N+]=[N-])CCC(=O)O. The first-order valence-corrected chi connectivity index (χ1v) is 8.04. The highest BCUT2D eigenvalue weighted by Crippen LogP contribution is 2.10. The van der Waals surface area contributed by atoms with Crippen LogP contribution in [0.5, 0.6) is 0 Å². The molecule has 0 aliphatic rings. The number of carboxylic acids is 1. The van der Waals surface area contributed by atoms with Gasteiger partial charge in [-0.1, -0.05) is 5.11 Å². The van der Waals surface area contributed by atoms with E-state index in [1.165, 1.54) is 4.90 Å². The summed E-state index contributed by atoms with van der Waals surface area (Å²) in [5.41, 5.74) is 7.51. The molecular weight excluding hydrogens is 316 g/mol. The highest BCUT2D eigenvalue weighted by atomic mass is 16.6. The van der Waals surface area contributed by atoms with Crippen molar-refractivity contribution < 1.29 is 24.2 Å². The van der Waals surface area contributed by atoms with Crippen molar-refractivity contribution in [2.45, 2.75) is 52.1 Å². The zero-order valence-electron chi connectivity index (χ0n) is 14.7. The van der Waals surface area contributed by atoms with Crippen LogP contribution in [-0.4, -0.2) is 60.5 Å². The molecule has 138 valence electrons. The molecule has 0 aromatic carbocycles. The van der Waals surface area contributed by atoms with Crippen LogP contribution in [0.2, 0.25) is 0 Å². The van der Waals surface area contributed by atoms with Crippen LogP contribution in [0.25, 0.3) is 10.4 Å². The summed E-state index contributed by atoms with van der Waals surface area (Å²) in [4.78, 5) is 26.8. The van der Waals surface area contributed by atoms with Gasteiger partial charge in [0.1, 0.15) is 5.60 Å². The molecule has 9 nitrogen and oxygen atoms in total. The van der Waals surface area contributed by atoms with Crippen LogP contribution in [0, 0.1) is 0 Å². The van der Waals surface area contributed by atoms with Crippen molar-refractivity contribution in [1.29, 1.82) is 0 Å². The summed E-state index contributed by atoms with van der Waals surface area (Å²) in [5.74, 6) is -0.958. The average molecular weight is 344 g/mol. The summed E-state index contributed by atoms with van der Waals surface area (Å²) in [6.45, 7) is 7.26. The number of hydrogen-bond donors (Lipinski definition) is 1. The van der Waals surface area contributed by atoms with Crippen molar-refractivity contribution in [3.63, 3.8) is 0 Å². The molecule has 0 heterocycles. The lowest BCUT2D eigenvalue weighted by Gasteiger charge is -2.27. The number of carbonyl (C=O) groups excluding carboxylic acids is 1. The fourth-order valence-corrected chi connectivity index (χ4v) is 1.74. The van der Waals surface area contributed by atoms with E-state index < -0.39 is 17.7 Å². The minimum Gasteiger partial charge on any atom is -0.481 e. The summed E-state index contributed by atoms with van der Waals surface area (Å²) in [7, 11) is 0. The number of carbonyl (C=O) groups is 2. The lowest BCUT2D eigenvalue weighted by atomic mass is 10.2. The molecule has 0 aromatic rings. The van der Waals surface area contributed by atoms with Gasteiger partial charge in [-0.2, -0.15) is 0 Å². The van der Waals surface area contributed by atoms with Crippen LogP contribution in [0.4, 0.5) is 4.79 Å². The molecular formula is C15H28N4O5. The third kappa shape index (κ3) is 13.7. The number of carboxylic acid groups (broad SMARTS) is 1. The molecule has 0 unspecified atom stereocenters. The Bertz CT molecular complexity index is 430. The normalized spacial score (nSPS) is 10.8. The number of hydrogen-bond acceptors (Lipinski definition) is 5. The topological polar surface area (TPSA) is 125 Å². The van der Waals surface area contributed by atoms with Gasteiger partial charge >= 0.3 is 12.1 Å². The minimum absolute atomic E-state index is 0.108. The fourth-order valence-electron chi connectivity index (χ4n) is 1.74. The second-order valence-electron chi connectivity index (χ2n) is 6.24. The van der Waals surface area contributed by atoms with E-state index in [2.05, 4.69) is 10.0 Å². The van der Waals surface area contributed by atoms with Gasteiger partial charge in [0.05, 0.1) is 6.42 Å². The molecule has 0 aromatic heterocycles. The number of aliphatic carboxylic acids is 1. The molecule has 0 radical (unpaired) electrons. The van der Waals surface area contributed by atoms with E-state index in [1.54, 1.807) is 20.8 Å². The van der Waals surface area contributed by atoms with Gasteiger partial charge in [0.25, 0.3) is 0 Å². The number of azide groups is 1. The predicted octanol–water partition coefficient (Wildman–Crippen LogP) is 3.20. The molecule has 0 rings (SSSR count). The van der Waals surface area contributed by atoms with Gasteiger partial charge in [-0.05, 0) is 45.6 Å². The van der Waals surface area contributed by atoms with Gasteiger partial charge in [0.2, 0.25) is 0 Å². The second kappa shape index (κ2) is 12.4. The molecule has 0 atom stereocenters. The molecule has 0 fully saturated rings. The number of ether oxygens (including phenoxy) is 2. The largest absolute Gasteiger partial charge is 0.481 e. The van der Waals surface area contributed by atoms with Crippen molar-refractivity contribution in [3.8, 4) is 0 Å². The highest BCUT2D eigenvalue weighted by Gasteiger charge is 2.22. The Morgan fingerprint density at radius 1 is 1.17 bits per heavy atom. The van der Waals surface area contributed by atoms with Crippen LogP contribution in [-0.2, 0) is 14.3 Å². The standard InChI is InChI=1S/C15H28N4O5/c1-15(2,3)24-14(22)19(10-7-13(20)21)9-6-12-23-11-5-4-8-17-18-16/h4-12H2,1-3H3,(H,20,21). The summed E-state index contributed by atoms with van der Waals surface area (Å²) in [6.07, 6.45) is 1.52. The number of amides is 1. The molecule has 0 saturated carbocycles. The van der Waals surface area contributed by atoms with Crippen molar-refractivity contribution in [1.82, 2.24) is 4.90 Å². The first kappa shape index (κ1) is 22.0. The van der Waals surface area contributed by atoms with Gasteiger partial charge in [-0.3, -0.25) is 4.79 Å². The van der Waals surface area contributed by atoms with Crippen LogP contribution >= 0.6 is 0 Å². The molecule has 0 saturated heterocycles. The van der Waals surface area contributed by atoms with Crippen molar-refractivity contribution in [2.75, 3.05) is 32.8 Å². The van der Waals surface area contributed by atoms with Gasteiger partial charge in [0.15, 0.2) is 0 Å². The van der Waals surface area contributed by atoms with Crippen LogP contribution in [0.1, 0.15) is 46.5 Å². The molecule has 9 heteroatoms. The Morgan fingerprint density at radius 2 is 1.83 bits per heavy atom. The van der Waals surface area contributed by atoms with E-state index in [0.717, 1.165) is 12.8 Å². The number of nitrogens with zero attached hydrogens (tertiary/aromatic N) is 4. The van der Waals surface area contributed by atoms with Crippen LogP contribution in [0.15, 0.2) is 5.11 Å². The minimum atomic E-state index is -0.958. The molecule has 0 bridgehead atoms. The molecule has 1 amide bonds. The predicted molar refractivity (Wildman–Crippen MR) is 88.7 cm³/mol. The first-order valence-electron chi connectivity index (χ1n) is 8.04. The average Bonchev–Trinajstić information content (AvgIpc) is 2.46. The van der Waals surface area contributed by atoms with E-state index >= 15 is 0 Å². The van der Waals surface area contributed by atoms with Crippen LogP contribution in [0.3, 0.4) is 0 Å². The Labute approximate surface area is 142 Å². The molecule has 0 spiro atoms. The maximum absolute atomic E-state index is 12.1. The molecule has 24 heavy (non-hydrogen) atoms. The summed E-state index contributed by atoms with van der Waals surface area (Å²) in [6, 6.07) is 0. The molecule has 0 aliphatic carbocycles. The number of rotatable bonds is 12. The second-order valence-corrected chi connectivity index (χ2v) is 6.24. The molecule has 1 N–H and O–H groups in total. The lowest BCUT2D eigenvalue weighted by Crippen LogP contribution is -2.39. The van der Waals surface area contributed by atoms with E-state index in [-0.39, 0.29) is 13.0 Å². The third-order valence-electron chi connectivity index (χ3n) is 2.82. The zero-order chi connectivity index (χ0) is 18.4. The number of unbranched alkanes of at least 4 members (excludes halogenated alkanes) is 1. The maximum Gasteiger partial charge on any atom is 0.410 e. The summed E-state index contributed by atoms with van der Waals surface area (Å²) < 4.78 is 10.7. The van der Waals surface area contributed by atoms with E-state index in [9.17, 15) is 9.59 Å². The first-order chi connectivity index (χ1) is 11.3. The van der Waals surface area contributed by atoms with E-state index in [4.69, 9.17) is 20.1 Å². The third-order valence-corrected chi connectivity index (χ3v) is 2.82. The fraction of sp³-hybridized carbons (Fsp3) is 0.867. The van der Waals surface area contributed by atoms with Gasteiger partial charge in [-0.15, -0.1) is 0 Å².